The number of carbonyl (C=O) groups excluding carboxylic acids is 1. The average Bonchev–Trinajstić information content (AvgIpc) is 2.92. The van der Waals surface area contributed by atoms with Crippen molar-refractivity contribution in [3.63, 3.8) is 0 Å². The zero-order chi connectivity index (χ0) is 13.8. The number of nitrogens with zero attached hydrogens (tertiary/aromatic N) is 2. The van der Waals surface area contributed by atoms with Crippen LogP contribution in [0.1, 0.15) is 43.6 Å². The van der Waals surface area contributed by atoms with E-state index in [9.17, 15) is 4.79 Å². The molecule has 2 saturated heterocycles. The Labute approximate surface area is 125 Å². The minimum atomic E-state index is 0.243. The Morgan fingerprint density at radius 3 is 2.75 bits per heavy atom. The topological polar surface area (TPSA) is 33.2 Å². The first-order valence-electron chi connectivity index (χ1n) is 7.65. The van der Waals surface area contributed by atoms with Gasteiger partial charge in [0.05, 0.1) is 5.25 Å². The standard InChI is InChI=1S/C16H22N2OS/c19-16(15-4-2-12-20-15)18-10-1-3-13(7-11-18)14-5-8-17-9-6-14/h5-6,8-9,13,15H,1-4,7,10-12H2. The molecule has 3 nitrogen and oxygen atoms in total. The van der Waals surface area contributed by atoms with Gasteiger partial charge in [-0.3, -0.25) is 9.78 Å². The van der Waals surface area contributed by atoms with Crippen LogP contribution in [0.15, 0.2) is 24.5 Å². The Morgan fingerprint density at radius 1 is 1.15 bits per heavy atom. The summed E-state index contributed by atoms with van der Waals surface area (Å²) in [5, 5.41) is 0.243. The lowest BCUT2D eigenvalue weighted by Gasteiger charge is -2.23. The zero-order valence-corrected chi connectivity index (χ0v) is 12.6. The van der Waals surface area contributed by atoms with E-state index in [0.717, 1.165) is 38.1 Å². The van der Waals surface area contributed by atoms with Gasteiger partial charge in [0.1, 0.15) is 0 Å². The second-order valence-corrected chi connectivity index (χ2v) is 7.05. The van der Waals surface area contributed by atoms with Gasteiger partial charge in [-0.15, -0.1) is 11.8 Å². The highest BCUT2D eigenvalue weighted by atomic mass is 32.2. The largest absolute Gasteiger partial charge is 0.342 e. The van der Waals surface area contributed by atoms with Gasteiger partial charge in [-0.2, -0.15) is 0 Å². The molecule has 1 amide bonds. The monoisotopic (exact) mass is 290 g/mol. The van der Waals surface area contributed by atoms with Crippen LogP contribution in [0.4, 0.5) is 0 Å². The third-order valence-electron chi connectivity index (χ3n) is 4.42. The summed E-state index contributed by atoms with van der Waals surface area (Å²) >= 11 is 1.85. The van der Waals surface area contributed by atoms with Crippen LogP contribution in [0.3, 0.4) is 0 Å². The van der Waals surface area contributed by atoms with E-state index in [0.29, 0.717) is 11.8 Å². The summed E-state index contributed by atoms with van der Waals surface area (Å²) in [6.45, 7) is 1.86. The van der Waals surface area contributed by atoms with Crippen molar-refractivity contribution in [2.75, 3.05) is 18.8 Å². The van der Waals surface area contributed by atoms with Crippen molar-refractivity contribution in [1.29, 1.82) is 0 Å². The summed E-state index contributed by atoms with van der Waals surface area (Å²) in [6.07, 6.45) is 9.42. The number of hydrogen-bond acceptors (Lipinski definition) is 3. The van der Waals surface area contributed by atoms with Gasteiger partial charge < -0.3 is 4.90 Å². The number of pyridine rings is 1. The quantitative estimate of drug-likeness (QED) is 0.839. The molecule has 1 aromatic rings. The molecule has 0 bridgehead atoms. The molecule has 108 valence electrons. The summed E-state index contributed by atoms with van der Waals surface area (Å²) in [4.78, 5) is 18.7. The minimum absolute atomic E-state index is 0.243. The van der Waals surface area contributed by atoms with Gasteiger partial charge in [-0.05, 0) is 61.5 Å². The molecule has 20 heavy (non-hydrogen) atoms. The van der Waals surface area contributed by atoms with Gasteiger partial charge in [0.25, 0.3) is 0 Å². The van der Waals surface area contributed by atoms with E-state index in [1.165, 1.54) is 18.4 Å². The number of aromatic nitrogens is 1. The molecule has 1 aromatic heterocycles. The maximum Gasteiger partial charge on any atom is 0.235 e. The number of thioether (sulfide) groups is 1. The van der Waals surface area contributed by atoms with Crippen molar-refractivity contribution in [3.8, 4) is 0 Å². The van der Waals surface area contributed by atoms with Crippen molar-refractivity contribution in [2.45, 2.75) is 43.3 Å². The fourth-order valence-corrected chi connectivity index (χ4v) is 4.50. The van der Waals surface area contributed by atoms with Crippen LogP contribution < -0.4 is 0 Å². The van der Waals surface area contributed by atoms with Crippen LogP contribution >= 0.6 is 11.8 Å². The first kappa shape index (κ1) is 13.9. The minimum Gasteiger partial charge on any atom is -0.342 e. The number of hydrogen-bond donors (Lipinski definition) is 0. The maximum absolute atomic E-state index is 12.5. The summed E-state index contributed by atoms with van der Waals surface area (Å²) in [5.74, 6) is 2.14. The highest BCUT2D eigenvalue weighted by Crippen LogP contribution is 2.31. The highest BCUT2D eigenvalue weighted by molar-refractivity contribution is 8.00. The lowest BCUT2D eigenvalue weighted by Crippen LogP contribution is -2.37. The van der Waals surface area contributed by atoms with E-state index >= 15 is 0 Å². The van der Waals surface area contributed by atoms with Gasteiger partial charge in [0, 0.05) is 25.5 Å². The summed E-state index contributed by atoms with van der Waals surface area (Å²) in [5.41, 5.74) is 1.38. The molecule has 2 aliphatic rings. The van der Waals surface area contributed by atoms with Crippen LogP contribution in [-0.4, -0.2) is 39.9 Å². The second-order valence-electron chi connectivity index (χ2n) is 5.74. The Balaban J connectivity index is 1.60. The molecule has 2 atom stereocenters. The summed E-state index contributed by atoms with van der Waals surface area (Å²) < 4.78 is 0. The molecule has 0 aliphatic carbocycles. The van der Waals surface area contributed by atoms with Crippen LogP contribution in [0.5, 0.6) is 0 Å². The molecular weight excluding hydrogens is 268 g/mol. The molecule has 2 aliphatic heterocycles. The normalized spacial score (nSPS) is 27.3. The number of likely N-dealkylation sites (tertiary alicyclic amines) is 1. The third-order valence-corrected chi connectivity index (χ3v) is 5.79. The molecule has 0 spiro atoms. The molecule has 0 N–H and O–H groups in total. The molecule has 0 saturated carbocycles. The first-order chi connectivity index (χ1) is 9.84. The third kappa shape index (κ3) is 3.17. The summed E-state index contributed by atoms with van der Waals surface area (Å²) in [7, 11) is 0. The predicted octanol–water partition coefficient (Wildman–Crippen LogP) is 3.07. The fourth-order valence-electron chi connectivity index (χ4n) is 3.26. The smallest absolute Gasteiger partial charge is 0.235 e. The van der Waals surface area contributed by atoms with Crippen molar-refractivity contribution >= 4 is 17.7 Å². The van der Waals surface area contributed by atoms with Crippen LogP contribution in [-0.2, 0) is 4.79 Å². The Kier molecular flexibility index (Phi) is 4.61. The number of rotatable bonds is 2. The van der Waals surface area contributed by atoms with Crippen LogP contribution in [0, 0.1) is 0 Å². The Morgan fingerprint density at radius 2 is 2.00 bits per heavy atom. The Hall–Kier alpha value is -1.03. The number of carbonyl (C=O) groups is 1. The molecule has 4 heteroatoms. The molecule has 0 radical (unpaired) electrons. The van der Waals surface area contributed by atoms with Gasteiger partial charge in [0.2, 0.25) is 5.91 Å². The zero-order valence-electron chi connectivity index (χ0n) is 11.8. The molecular formula is C16H22N2OS. The molecule has 3 rings (SSSR count). The van der Waals surface area contributed by atoms with E-state index in [1.54, 1.807) is 0 Å². The number of amides is 1. The summed E-state index contributed by atoms with van der Waals surface area (Å²) in [6, 6.07) is 4.24. The second kappa shape index (κ2) is 6.61. The van der Waals surface area contributed by atoms with Crippen LogP contribution in [0.2, 0.25) is 0 Å². The van der Waals surface area contributed by atoms with Gasteiger partial charge >= 0.3 is 0 Å². The molecule has 2 unspecified atom stereocenters. The lowest BCUT2D eigenvalue weighted by atomic mass is 9.93. The maximum atomic E-state index is 12.5. The van der Waals surface area contributed by atoms with E-state index in [4.69, 9.17) is 0 Å². The fraction of sp³-hybridized carbons (Fsp3) is 0.625. The van der Waals surface area contributed by atoms with Crippen molar-refractivity contribution in [2.24, 2.45) is 0 Å². The van der Waals surface area contributed by atoms with Crippen molar-refractivity contribution in [3.05, 3.63) is 30.1 Å². The van der Waals surface area contributed by atoms with Gasteiger partial charge in [-0.25, -0.2) is 0 Å². The van der Waals surface area contributed by atoms with E-state index in [-0.39, 0.29) is 5.25 Å². The highest BCUT2D eigenvalue weighted by Gasteiger charge is 2.29. The van der Waals surface area contributed by atoms with Gasteiger partial charge in [-0.1, -0.05) is 0 Å². The predicted molar refractivity (Wildman–Crippen MR) is 82.9 cm³/mol. The first-order valence-corrected chi connectivity index (χ1v) is 8.70. The average molecular weight is 290 g/mol. The molecule has 0 aromatic carbocycles. The van der Waals surface area contributed by atoms with E-state index in [1.807, 2.05) is 24.2 Å². The molecule has 2 fully saturated rings. The van der Waals surface area contributed by atoms with E-state index < -0.39 is 0 Å². The van der Waals surface area contributed by atoms with E-state index in [2.05, 4.69) is 22.0 Å². The lowest BCUT2D eigenvalue weighted by molar-refractivity contribution is -0.130. The van der Waals surface area contributed by atoms with Crippen molar-refractivity contribution < 1.29 is 4.79 Å². The molecule has 3 heterocycles. The van der Waals surface area contributed by atoms with Crippen molar-refractivity contribution in [1.82, 2.24) is 9.88 Å². The SMILES string of the molecule is O=C(C1CCCS1)N1CCCC(c2ccncc2)CC1. The van der Waals surface area contributed by atoms with Gasteiger partial charge in [0.15, 0.2) is 0 Å². The van der Waals surface area contributed by atoms with Crippen LogP contribution in [0.25, 0.3) is 0 Å². The Bertz CT molecular complexity index is 445.